The van der Waals surface area contributed by atoms with E-state index in [4.69, 9.17) is 5.11 Å². The normalized spacial score (nSPS) is 14.4. The van der Waals surface area contributed by atoms with Crippen LogP contribution in [0.25, 0.3) is 0 Å². The van der Waals surface area contributed by atoms with Crippen molar-refractivity contribution in [2.75, 3.05) is 24.7 Å². The highest BCUT2D eigenvalue weighted by Crippen LogP contribution is 2.19. The van der Waals surface area contributed by atoms with Gasteiger partial charge in [-0.15, -0.1) is 0 Å². The van der Waals surface area contributed by atoms with Crippen molar-refractivity contribution in [1.82, 2.24) is 5.32 Å². The largest absolute Gasteiger partial charge is 0.394 e. The first kappa shape index (κ1) is 15.5. The van der Waals surface area contributed by atoms with Gasteiger partial charge in [-0.2, -0.15) is 11.8 Å². The Bertz CT molecular complexity index is 329. The standard InChI is InChI=1S/C14H23NO2S/c1-3-15-14(10-18-9-13(17)8-16)12-6-4-11(2)5-7-12/h4-7,13-17H,3,8-10H2,1-2H3. The van der Waals surface area contributed by atoms with Crippen molar-refractivity contribution in [3.8, 4) is 0 Å². The maximum atomic E-state index is 9.32. The topological polar surface area (TPSA) is 52.5 Å². The van der Waals surface area contributed by atoms with Crippen LogP contribution < -0.4 is 5.32 Å². The van der Waals surface area contributed by atoms with Crippen LogP contribution in [0.15, 0.2) is 24.3 Å². The number of thioether (sulfide) groups is 1. The Hall–Kier alpha value is -0.550. The maximum absolute atomic E-state index is 9.32. The third-order valence-corrected chi connectivity index (χ3v) is 3.93. The Morgan fingerprint density at radius 2 is 1.89 bits per heavy atom. The van der Waals surface area contributed by atoms with Crippen molar-refractivity contribution in [3.05, 3.63) is 35.4 Å². The molecule has 1 aromatic rings. The van der Waals surface area contributed by atoms with E-state index in [9.17, 15) is 5.11 Å². The smallest absolute Gasteiger partial charge is 0.0861 e. The van der Waals surface area contributed by atoms with E-state index in [0.29, 0.717) is 11.8 Å². The second-order valence-corrected chi connectivity index (χ2v) is 5.47. The zero-order valence-electron chi connectivity index (χ0n) is 11.1. The van der Waals surface area contributed by atoms with Crippen molar-refractivity contribution in [3.63, 3.8) is 0 Å². The summed E-state index contributed by atoms with van der Waals surface area (Å²) in [6, 6.07) is 8.82. The molecule has 0 radical (unpaired) electrons. The minimum absolute atomic E-state index is 0.163. The number of nitrogens with one attached hydrogen (secondary N) is 1. The van der Waals surface area contributed by atoms with Crippen LogP contribution in [0.2, 0.25) is 0 Å². The molecule has 4 heteroatoms. The molecule has 0 aliphatic heterocycles. The molecule has 1 rings (SSSR count). The molecular weight excluding hydrogens is 246 g/mol. The average molecular weight is 269 g/mol. The van der Waals surface area contributed by atoms with Gasteiger partial charge in [0, 0.05) is 17.5 Å². The monoisotopic (exact) mass is 269 g/mol. The Morgan fingerprint density at radius 3 is 2.44 bits per heavy atom. The number of aliphatic hydroxyl groups is 2. The highest BCUT2D eigenvalue weighted by molar-refractivity contribution is 7.99. The van der Waals surface area contributed by atoms with E-state index < -0.39 is 6.10 Å². The molecule has 0 amide bonds. The van der Waals surface area contributed by atoms with E-state index in [1.807, 2.05) is 0 Å². The van der Waals surface area contributed by atoms with Gasteiger partial charge in [-0.1, -0.05) is 36.8 Å². The fourth-order valence-electron chi connectivity index (χ4n) is 1.69. The minimum atomic E-state index is -0.615. The summed E-state index contributed by atoms with van der Waals surface area (Å²) in [7, 11) is 0. The van der Waals surface area contributed by atoms with Crippen LogP contribution in [0.5, 0.6) is 0 Å². The minimum Gasteiger partial charge on any atom is -0.394 e. The van der Waals surface area contributed by atoms with Gasteiger partial charge in [-0.05, 0) is 19.0 Å². The quantitative estimate of drug-likeness (QED) is 0.673. The van der Waals surface area contributed by atoms with Gasteiger partial charge in [0.1, 0.15) is 0 Å². The number of aryl methyl sites for hydroxylation is 1. The molecule has 102 valence electrons. The first-order chi connectivity index (χ1) is 8.67. The van der Waals surface area contributed by atoms with E-state index in [1.54, 1.807) is 11.8 Å². The molecule has 0 heterocycles. The molecule has 0 aromatic heterocycles. The number of benzene rings is 1. The third-order valence-electron chi connectivity index (χ3n) is 2.74. The van der Waals surface area contributed by atoms with Gasteiger partial charge < -0.3 is 15.5 Å². The van der Waals surface area contributed by atoms with Gasteiger partial charge in [-0.3, -0.25) is 0 Å². The van der Waals surface area contributed by atoms with Gasteiger partial charge >= 0.3 is 0 Å². The number of aliphatic hydroxyl groups excluding tert-OH is 2. The number of hydrogen-bond acceptors (Lipinski definition) is 4. The van der Waals surface area contributed by atoms with E-state index >= 15 is 0 Å². The second-order valence-electron chi connectivity index (χ2n) is 4.39. The number of rotatable bonds is 8. The fraction of sp³-hybridized carbons (Fsp3) is 0.571. The zero-order valence-corrected chi connectivity index (χ0v) is 11.9. The summed E-state index contributed by atoms with van der Waals surface area (Å²) in [4.78, 5) is 0. The van der Waals surface area contributed by atoms with Gasteiger partial charge in [0.15, 0.2) is 0 Å². The van der Waals surface area contributed by atoms with Crippen LogP contribution in [0, 0.1) is 6.92 Å². The second kappa shape index (κ2) is 8.53. The molecule has 0 aliphatic rings. The summed E-state index contributed by atoms with van der Waals surface area (Å²) in [6.45, 7) is 4.93. The summed E-state index contributed by atoms with van der Waals surface area (Å²) in [5.41, 5.74) is 2.53. The van der Waals surface area contributed by atoms with Crippen LogP contribution in [-0.2, 0) is 0 Å². The lowest BCUT2D eigenvalue weighted by Crippen LogP contribution is -2.24. The average Bonchev–Trinajstić information content (AvgIpc) is 2.38. The molecular formula is C14H23NO2S. The molecule has 0 saturated heterocycles. The Morgan fingerprint density at radius 1 is 1.22 bits per heavy atom. The lowest BCUT2D eigenvalue weighted by Gasteiger charge is -2.19. The molecule has 0 fully saturated rings. The van der Waals surface area contributed by atoms with Crippen molar-refractivity contribution < 1.29 is 10.2 Å². The molecule has 0 aliphatic carbocycles. The van der Waals surface area contributed by atoms with E-state index in [2.05, 4.69) is 43.4 Å². The predicted octanol–water partition coefficient (Wildman–Crippen LogP) is 1.73. The van der Waals surface area contributed by atoms with Crippen LogP contribution in [0.4, 0.5) is 0 Å². The van der Waals surface area contributed by atoms with Crippen LogP contribution in [0.1, 0.15) is 24.1 Å². The molecule has 3 N–H and O–H groups in total. The predicted molar refractivity (Wildman–Crippen MR) is 78.0 cm³/mol. The first-order valence-electron chi connectivity index (χ1n) is 6.34. The van der Waals surface area contributed by atoms with Crippen LogP contribution in [0.3, 0.4) is 0 Å². The van der Waals surface area contributed by atoms with Crippen molar-refractivity contribution in [1.29, 1.82) is 0 Å². The molecule has 0 bridgehead atoms. The fourth-order valence-corrected chi connectivity index (χ4v) is 2.75. The third kappa shape index (κ3) is 5.40. The SMILES string of the molecule is CCNC(CSCC(O)CO)c1ccc(C)cc1. The van der Waals surface area contributed by atoms with Crippen molar-refractivity contribution in [2.45, 2.75) is 26.0 Å². The highest BCUT2D eigenvalue weighted by atomic mass is 32.2. The summed E-state index contributed by atoms with van der Waals surface area (Å²) >= 11 is 1.66. The molecule has 2 atom stereocenters. The van der Waals surface area contributed by atoms with Gasteiger partial charge in [0.25, 0.3) is 0 Å². The first-order valence-corrected chi connectivity index (χ1v) is 7.49. The number of hydrogen-bond donors (Lipinski definition) is 3. The molecule has 0 spiro atoms. The Kier molecular flexibility index (Phi) is 7.35. The van der Waals surface area contributed by atoms with Crippen LogP contribution in [-0.4, -0.2) is 41.0 Å². The Labute approximate surface area is 114 Å². The summed E-state index contributed by atoms with van der Waals surface area (Å²) < 4.78 is 0. The van der Waals surface area contributed by atoms with Crippen molar-refractivity contribution >= 4 is 11.8 Å². The molecule has 3 nitrogen and oxygen atoms in total. The maximum Gasteiger partial charge on any atom is 0.0861 e. The molecule has 18 heavy (non-hydrogen) atoms. The van der Waals surface area contributed by atoms with E-state index in [1.165, 1.54) is 11.1 Å². The highest BCUT2D eigenvalue weighted by Gasteiger charge is 2.11. The lowest BCUT2D eigenvalue weighted by atomic mass is 10.1. The van der Waals surface area contributed by atoms with Gasteiger partial charge in [0.05, 0.1) is 12.7 Å². The molecule has 0 saturated carbocycles. The molecule has 1 aromatic carbocycles. The Balaban J connectivity index is 2.51. The summed E-state index contributed by atoms with van der Waals surface area (Å²) in [6.07, 6.45) is -0.615. The van der Waals surface area contributed by atoms with Crippen molar-refractivity contribution in [2.24, 2.45) is 0 Å². The van der Waals surface area contributed by atoms with Gasteiger partial charge in [-0.25, -0.2) is 0 Å². The van der Waals surface area contributed by atoms with E-state index in [0.717, 1.165) is 12.3 Å². The summed E-state index contributed by atoms with van der Waals surface area (Å²) in [5.74, 6) is 1.47. The van der Waals surface area contributed by atoms with Gasteiger partial charge in [0.2, 0.25) is 0 Å². The van der Waals surface area contributed by atoms with E-state index in [-0.39, 0.29) is 6.61 Å². The summed E-state index contributed by atoms with van der Waals surface area (Å²) in [5, 5.41) is 21.5. The van der Waals surface area contributed by atoms with Crippen LogP contribution >= 0.6 is 11.8 Å². The lowest BCUT2D eigenvalue weighted by molar-refractivity contribution is 0.113. The molecule has 2 unspecified atom stereocenters. The zero-order chi connectivity index (χ0) is 13.4.